The Balaban J connectivity index is 1.50. The number of imide groups is 1. The molecule has 0 radical (unpaired) electrons. The molecule has 1 aromatic rings. The van der Waals surface area contributed by atoms with Crippen molar-refractivity contribution in [3.8, 4) is 0 Å². The van der Waals surface area contributed by atoms with E-state index < -0.39 is 17.8 Å². The number of hydrogen-bond acceptors (Lipinski definition) is 6. The summed E-state index contributed by atoms with van der Waals surface area (Å²) in [7, 11) is 3.23. The first-order valence-electron chi connectivity index (χ1n) is 10.2. The number of carbonyl (C=O) groups excluding carboxylic acids is 3. The molecule has 162 valence electrons. The van der Waals surface area contributed by atoms with Crippen LogP contribution in [0.25, 0.3) is 0 Å². The van der Waals surface area contributed by atoms with E-state index >= 15 is 4.39 Å². The number of nitrogens with zero attached hydrogens (tertiary/aromatic N) is 2. The van der Waals surface area contributed by atoms with Crippen molar-refractivity contribution in [3.05, 3.63) is 29.1 Å². The third-order valence-electron chi connectivity index (χ3n) is 6.36. The Morgan fingerprint density at radius 1 is 1.10 bits per heavy atom. The number of fused-ring (bicyclic) bond motifs is 1. The van der Waals surface area contributed by atoms with Crippen LogP contribution >= 0.6 is 0 Å². The summed E-state index contributed by atoms with van der Waals surface area (Å²) in [5.41, 5.74) is 1.07. The molecule has 0 bridgehead atoms. The molecule has 0 aromatic heterocycles. The van der Waals surface area contributed by atoms with Crippen LogP contribution in [0.1, 0.15) is 41.6 Å². The van der Waals surface area contributed by atoms with Gasteiger partial charge in [-0.25, -0.2) is 4.39 Å². The molecule has 2 fully saturated rings. The monoisotopic (exact) mass is 419 g/mol. The highest BCUT2D eigenvalue weighted by atomic mass is 19.1. The van der Waals surface area contributed by atoms with E-state index in [1.807, 2.05) is 4.90 Å². The number of rotatable bonds is 5. The minimum atomic E-state index is -0.749. The van der Waals surface area contributed by atoms with E-state index in [0.717, 1.165) is 12.8 Å². The minimum Gasteiger partial charge on any atom is -0.369 e. The Bertz CT molecular complexity index is 864. The summed E-state index contributed by atoms with van der Waals surface area (Å²) in [4.78, 5) is 39.7. The molecule has 3 aliphatic rings. The number of benzene rings is 1. The first-order chi connectivity index (χ1) is 14.4. The molecule has 8 nitrogen and oxygen atoms in total. The number of methoxy groups -OCH3 is 2. The van der Waals surface area contributed by atoms with Crippen molar-refractivity contribution in [1.29, 1.82) is 0 Å². The molecule has 0 aliphatic carbocycles. The lowest BCUT2D eigenvalue weighted by atomic mass is 9.95. The van der Waals surface area contributed by atoms with Gasteiger partial charge in [-0.3, -0.25) is 19.7 Å². The number of piperidine rings is 2. The van der Waals surface area contributed by atoms with Gasteiger partial charge < -0.3 is 19.3 Å². The van der Waals surface area contributed by atoms with Crippen LogP contribution < -0.4 is 10.2 Å². The SMILES string of the molecule is COC(OC)C1CCN(c2ccc3c(c2F)CN(C2CCC(=O)NC2=O)C3=O)CC1. The van der Waals surface area contributed by atoms with E-state index in [-0.39, 0.29) is 49.0 Å². The van der Waals surface area contributed by atoms with E-state index in [2.05, 4.69) is 5.32 Å². The van der Waals surface area contributed by atoms with Crippen LogP contribution in [0.15, 0.2) is 12.1 Å². The van der Waals surface area contributed by atoms with Gasteiger partial charge in [-0.1, -0.05) is 0 Å². The lowest BCUT2D eigenvalue weighted by Crippen LogP contribution is -2.52. The second kappa shape index (κ2) is 8.31. The van der Waals surface area contributed by atoms with Crippen LogP contribution in [-0.4, -0.2) is 62.3 Å². The Hall–Kier alpha value is -2.52. The van der Waals surface area contributed by atoms with Gasteiger partial charge in [-0.05, 0) is 31.4 Å². The Labute approximate surface area is 174 Å². The number of carbonyl (C=O) groups is 3. The topological polar surface area (TPSA) is 88.2 Å². The van der Waals surface area contributed by atoms with Crippen molar-refractivity contribution >= 4 is 23.4 Å². The first-order valence-corrected chi connectivity index (χ1v) is 10.2. The lowest BCUT2D eigenvalue weighted by molar-refractivity contribution is -0.141. The summed E-state index contributed by atoms with van der Waals surface area (Å²) in [6.45, 7) is 1.36. The Morgan fingerprint density at radius 2 is 1.80 bits per heavy atom. The van der Waals surface area contributed by atoms with Crippen LogP contribution in [-0.2, 0) is 25.6 Å². The largest absolute Gasteiger partial charge is 0.369 e. The maximum Gasteiger partial charge on any atom is 0.255 e. The normalized spacial score (nSPS) is 22.7. The molecular weight excluding hydrogens is 393 g/mol. The summed E-state index contributed by atoms with van der Waals surface area (Å²) in [6, 6.07) is 2.53. The molecule has 3 heterocycles. The van der Waals surface area contributed by atoms with Gasteiger partial charge in [0.05, 0.1) is 12.2 Å². The van der Waals surface area contributed by atoms with Gasteiger partial charge in [-0.15, -0.1) is 0 Å². The van der Waals surface area contributed by atoms with Gasteiger partial charge in [0, 0.05) is 50.8 Å². The number of hydrogen-bond donors (Lipinski definition) is 1. The average Bonchev–Trinajstić information content (AvgIpc) is 3.07. The van der Waals surface area contributed by atoms with E-state index in [9.17, 15) is 14.4 Å². The summed E-state index contributed by atoms with van der Waals surface area (Å²) >= 11 is 0. The fourth-order valence-electron chi connectivity index (χ4n) is 4.73. The fourth-order valence-corrected chi connectivity index (χ4v) is 4.73. The van der Waals surface area contributed by atoms with Crippen LogP contribution in [0.2, 0.25) is 0 Å². The number of amides is 3. The van der Waals surface area contributed by atoms with E-state index in [4.69, 9.17) is 9.47 Å². The zero-order valence-corrected chi connectivity index (χ0v) is 17.2. The van der Waals surface area contributed by atoms with E-state index in [0.29, 0.717) is 24.3 Å². The third-order valence-corrected chi connectivity index (χ3v) is 6.36. The molecule has 2 saturated heterocycles. The zero-order valence-electron chi connectivity index (χ0n) is 17.2. The van der Waals surface area contributed by atoms with Gasteiger partial charge in [0.25, 0.3) is 5.91 Å². The van der Waals surface area contributed by atoms with Gasteiger partial charge in [0.2, 0.25) is 11.8 Å². The quantitative estimate of drug-likeness (QED) is 0.574. The van der Waals surface area contributed by atoms with Gasteiger partial charge in [0.1, 0.15) is 6.04 Å². The van der Waals surface area contributed by atoms with Crippen LogP contribution in [0.3, 0.4) is 0 Å². The number of nitrogens with one attached hydrogen (secondary N) is 1. The summed E-state index contributed by atoms with van der Waals surface area (Å²) in [5, 5.41) is 2.26. The highest BCUT2D eigenvalue weighted by Gasteiger charge is 2.41. The molecule has 9 heteroatoms. The van der Waals surface area contributed by atoms with E-state index in [1.54, 1.807) is 26.4 Å². The van der Waals surface area contributed by atoms with Gasteiger partial charge in [0.15, 0.2) is 12.1 Å². The molecule has 3 amide bonds. The molecule has 1 aromatic carbocycles. The maximum atomic E-state index is 15.4. The second-order valence-electron chi connectivity index (χ2n) is 7.99. The molecule has 30 heavy (non-hydrogen) atoms. The maximum absolute atomic E-state index is 15.4. The highest BCUT2D eigenvalue weighted by Crippen LogP contribution is 2.35. The van der Waals surface area contributed by atoms with Gasteiger partial charge in [-0.2, -0.15) is 0 Å². The summed E-state index contributed by atoms with van der Waals surface area (Å²) in [5.74, 6) is -1.38. The van der Waals surface area contributed by atoms with Crippen LogP contribution in [0, 0.1) is 11.7 Å². The van der Waals surface area contributed by atoms with Crippen LogP contribution in [0.5, 0.6) is 0 Å². The number of ether oxygens (including phenoxy) is 2. The van der Waals surface area contributed by atoms with Crippen molar-refractivity contribution in [2.45, 2.75) is 44.6 Å². The third kappa shape index (κ3) is 3.56. The van der Waals surface area contributed by atoms with Crippen molar-refractivity contribution in [3.63, 3.8) is 0 Å². The van der Waals surface area contributed by atoms with Crippen molar-refractivity contribution in [2.24, 2.45) is 5.92 Å². The Kier molecular flexibility index (Phi) is 5.75. The first kappa shape index (κ1) is 20.7. The van der Waals surface area contributed by atoms with Crippen molar-refractivity contribution in [2.75, 3.05) is 32.2 Å². The average molecular weight is 419 g/mol. The molecule has 1 unspecified atom stereocenters. The molecular formula is C21H26FN3O5. The number of anilines is 1. The van der Waals surface area contributed by atoms with E-state index in [1.165, 1.54) is 4.90 Å². The molecule has 3 aliphatic heterocycles. The molecule has 0 saturated carbocycles. The van der Waals surface area contributed by atoms with Crippen molar-refractivity contribution in [1.82, 2.24) is 10.2 Å². The van der Waals surface area contributed by atoms with Gasteiger partial charge >= 0.3 is 0 Å². The summed E-state index contributed by atoms with van der Waals surface area (Å²) in [6.07, 6.45) is 1.78. The molecule has 1 N–H and O–H groups in total. The van der Waals surface area contributed by atoms with Crippen molar-refractivity contribution < 1.29 is 28.2 Å². The minimum absolute atomic E-state index is 0.0337. The standard InChI is InChI=1S/C21H26FN3O5/c1-29-21(30-2)12-7-9-24(10-8-12)15-4-3-13-14(18(15)22)11-25(20(13)28)16-5-6-17(26)23-19(16)27/h3-4,12,16,21H,5-11H2,1-2H3,(H,23,26,27). The highest BCUT2D eigenvalue weighted by molar-refractivity contribution is 6.05. The lowest BCUT2D eigenvalue weighted by Gasteiger charge is -2.36. The smallest absolute Gasteiger partial charge is 0.255 e. The summed E-state index contributed by atoms with van der Waals surface area (Å²) < 4.78 is 26.1. The number of halogens is 1. The zero-order chi connectivity index (χ0) is 21.4. The Morgan fingerprint density at radius 3 is 2.43 bits per heavy atom. The van der Waals surface area contributed by atoms with Crippen LogP contribution in [0.4, 0.5) is 10.1 Å². The molecule has 4 rings (SSSR count). The predicted octanol–water partition coefficient (Wildman–Crippen LogP) is 1.42. The fraction of sp³-hybridized carbons (Fsp3) is 0.571. The predicted molar refractivity (Wildman–Crippen MR) is 105 cm³/mol. The molecule has 0 spiro atoms. The molecule has 1 atom stereocenters. The second-order valence-corrected chi connectivity index (χ2v) is 7.99.